The maximum atomic E-state index is 12.0. The molecule has 0 aliphatic carbocycles. The van der Waals surface area contributed by atoms with E-state index in [1.807, 2.05) is 6.92 Å². The molecule has 1 saturated heterocycles. The molecule has 0 bridgehead atoms. The summed E-state index contributed by atoms with van der Waals surface area (Å²) in [4.78, 5) is 12.0. The van der Waals surface area contributed by atoms with Gasteiger partial charge in [0.15, 0.2) is 0 Å². The number of carbonyl (C=O) groups excluding carboxylic acids is 1. The van der Waals surface area contributed by atoms with Crippen LogP contribution in [0.3, 0.4) is 0 Å². The third-order valence-corrected chi connectivity index (χ3v) is 3.01. The van der Waals surface area contributed by atoms with Crippen LogP contribution in [0, 0.1) is 5.92 Å². The van der Waals surface area contributed by atoms with Gasteiger partial charge in [-0.05, 0) is 13.5 Å². The van der Waals surface area contributed by atoms with Gasteiger partial charge in [-0.3, -0.25) is 4.79 Å². The van der Waals surface area contributed by atoms with E-state index in [4.69, 9.17) is 14.9 Å². The predicted octanol–water partition coefficient (Wildman–Crippen LogP) is -1.53. The number of carbonyl (C=O) groups is 1. The van der Waals surface area contributed by atoms with Crippen LogP contribution in [0.25, 0.3) is 0 Å². The number of likely N-dealkylation sites (N-methyl/N-ethyl adjacent to an activating group) is 1. The van der Waals surface area contributed by atoms with Crippen molar-refractivity contribution >= 4 is 5.91 Å². The van der Waals surface area contributed by atoms with E-state index < -0.39 is 5.54 Å². The van der Waals surface area contributed by atoms with E-state index in [0.717, 1.165) is 6.54 Å². The molecule has 17 heavy (non-hydrogen) atoms. The van der Waals surface area contributed by atoms with Crippen molar-refractivity contribution in [2.45, 2.75) is 25.4 Å². The summed E-state index contributed by atoms with van der Waals surface area (Å²) in [5.74, 6) is -0.466. The van der Waals surface area contributed by atoms with Crippen molar-refractivity contribution in [3.8, 4) is 0 Å². The Morgan fingerprint density at radius 3 is 2.59 bits per heavy atom. The van der Waals surface area contributed by atoms with E-state index in [-0.39, 0.29) is 31.1 Å². The highest BCUT2D eigenvalue weighted by atomic mass is 16.5. The summed E-state index contributed by atoms with van der Waals surface area (Å²) in [6.07, 6.45) is 0. The zero-order valence-electron chi connectivity index (χ0n) is 10.4. The number of amides is 1. The summed E-state index contributed by atoms with van der Waals surface area (Å²) >= 11 is 0. The van der Waals surface area contributed by atoms with Gasteiger partial charge in [-0.15, -0.1) is 0 Å². The van der Waals surface area contributed by atoms with Crippen LogP contribution in [0.1, 0.15) is 13.8 Å². The minimum absolute atomic E-state index is 0.00151. The summed E-state index contributed by atoms with van der Waals surface area (Å²) in [6, 6.07) is 0.00151. The van der Waals surface area contributed by atoms with Gasteiger partial charge in [-0.2, -0.15) is 0 Å². The van der Waals surface area contributed by atoms with E-state index in [2.05, 4.69) is 10.6 Å². The number of ether oxygens (including phenoxy) is 1. The van der Waals surface area contributed by atoms with E-state index >= 15 is 0 Å². The first-order valence-corrected chi connectivity index (χ1v) is 5.91. The van der Waals surface area contributed by atoms with Crippen molar-refractivity contribution in [3.05, 3.63) is 0 Å². The summed E-state index contributed by atoms with van der Waals surface area (Å²) < 4.78 is 5.28. The molecule has 6 heteroatoms. The van der Waals surface area contributed by atoms with Gasteiger partial charge in [0.05, 0.1) is 37.9 Å². The van der Waals surface area contributed by atoms with Crippen molar-refractivity contribution in [2.75, 3.05) is 33.0 Å². The third-order valence-electron chi connectivity index (χ3n) is 3.01. The van der Waals surface area contributed by atoms with E-state index in [1.54, 1.807) is 6.92 Å². The molecule has 4 N–H and O–H groups in total. The number of hydrogen-bond acceptors (Lipinski definition) is 5. The fourth-order valence-electron chi connectivity index (χ4n) is 1.80. The van der Waals surface area contributed by atoms with Gasteiger partial charge >= 0.3 is 0 Å². The van der Waals surface area contributed by atoms with Crippen LogP contribution in [0.4, 0.5) is 0 Å². The van der Waals surface area contributed by atoms with Crippen molar-refractivity contribution in [1.82, 2.24) is 10.6 Å². The number of hydrogen-bond donors (Lipinski definition) is 4. The van der Waals surface area contributed by atoms with Crippen LogP contribution in [-0.4, -0.2) is 60.7 Å². The predicted molar refractivity (Wildman–Crippen MR) is 62.5 cm³/mol. The third kappa shape index (κ3) is 3.64. The van der Waals surface area contributed by atoms with Crippen LogP contribution < -0.4 is 10.6 Å². The lowest BCUT2D eigenvalue weighted by molar-refractivity contribution is -0.128. The molecular formula is C11H22N2O4. The molecule has 0 radical (unpaired) electrons. The van der Waals surface area contributed by atoms with Crippen LogP contribution in [0.15, 0.2) is 0 Å². The van der Waals surface area contributed by atoms with Gasteiger partial charge < -0.3 is 25.6 Å². The lowest BCUT2D eigenvalue weighted by Crippen LogP contribution is -2.55. The second-order valence-electron chi connectivity index (χ2n) is 4.67. The SMILES string of the molecule is CCNC1COCC1C(=O)NC(C)(CO)CO. The van der Waals surface area contributed by atoms with Crippen LogP contribution in [0.2, 0.25) is 0 Å². The lowest BCUT2D eigenvalue weighted by atomic mass is 9.99. The monoisotopic (exact) mass is 246 g/mol. The first kappa shape index (κ1) is 14.4. The highest BCUT2D eigenvalue weighted by Crippen LogP contribution is 2.15. The minimum Gasteiger partial charge on any atom is -0.394 e. The first-order chi connectivity index (χ1) is 8.06. The lowest BCUT2D eigenvalue weighted by Gasteiger charge is -2.29. The Morgan fingerprint density at radius 2 is 2.06 bits per heavy atom. The topological polar surface area (TPSA) is 90.8 Å². The maximum absolute atomic E-state index is 12.0. The zero-order chi connectivity index (χ0) is 12.9. The van der Waals surface area contributed by atoms with Gasteiger partial charge in [0, 0.05) is 6.04 Å². The summed E-state index contributed by atoms with van der Waals surface area (Å²) in [5, 5.41) is 24.1. The highest BCUT2D eigenvalue weighted by Gasteiger charge is 2.36. The first-order valence-electron chi connectivity index (χ1n) is 5.91. The molecule has 0 spiro atoms. The fourth-order valence-corrected chi connectivity index (χ4v) is 1.80. The zero-order valence-corrected chi connectivity index (χ0v) is 10.4. The molecule has 0 aromatic rings. The Bertz CT molecular complexity index is 256. The molecule has 2 unspecified atom stereocenters. The second kappa shape index (κ2) is 6.30. The summed E-state index contributed by atoms with van der Waals surface area (Å²) in [5.41, 5.74) is -0.976. The van der Waals surface area contributed by atoms with Gasteiger partial charge in [-0.25, -0.2) is 0 Å². The van der Waals surface area contributed by atoms with Gasteiger partial charge in [0.25, 0.3) is 0 Å². The largest absolute Gasteiger partial charge is 0.394 e. The fraction of sp³-hybridized carbons (Fsp3) is 0.909. The van der Waals surface area contributed by atoms with Crippen molar-refractivity contribution in [3.63, 3.8) is 0 Å². The van der Waals surface area contributed by atoms with Crippen LogP contribution in [0.5, 0.6) is 0 Å². The van der Waals surface area contributed by atoms with Gasteiger partial charge in [0.1, 0.15) is 0 Å². The minimum atomic E-state index is -0.976. The molecule has 0 aromatic carbocycles. The molecule has 1 fully saturated rings. The van der Waals surface area contributed by atoms with E-state index in [1.165, 1.54) is 0 Å². The Morgan fingerprint density at radius 1 is 1.41 bits per heavy atom. The molecule has 2 atom stereocenters. The molecule has 1 heterocycles. The Balaban J connectivity index is 2.57. The number of aliphatic hydroxyl groups is 2. The van der Waals surface area contributed by atoms with E-state index in [0.29, 0.717) is 13.2 Å². The second-order valence-corrected chi connectivity index (χ2v) is 4.67. The van der Waals surface area contributed by atoms with Crippen LogP contribution >= 0.6 is 0 Å². The standard InChI is InChI=1S/C11H22N2O4/c1-3-12-9-5-17-4-8(9)10(16)13-11(2,6-14)7-15/h8-9,12,14-15H,3-7H2,1-2H3,(H,13,16). The van der Waals surface area contributed by atoms with Gasteiger partial charge in [-0.1, -0.05) is 6.92 Å². The molecule has 6 nitrogen and oxygen atoms in total. The molecule has 1 amide bonds. The molecular weight excluding hydrogens is 224 g/mol. The Labute approximate surface area is 101 Å². The molecule has 1 aliphatic heterocycles. The van der Waals surface area contributed by atoms with Crippen molar-refractivity contribution in [2.24, 2.45) is 5.92 Å². The number of rotatable bonds is 6. The van der Waals surface area contributed by atoms with Gasteiger partial charge in [0.2, 0.25) is 5.91 Å². The number of aliphatic hydroxyl groups excluding tert-OH is 2. The Kier molecular flexibility index (Phi) is 5.32. The molecule has 0 saturated carbocycles. The average molecular weight is 246 g/mol. The Hall–Kier alpha value is -0.690. The van der Waals surface area contributed by atoms with Crippen molar-refractivity contribution in [1.29, 1.82) is 0 Å². The summed E-state index contributed by atoms with van der Waals surface area (Å²) in [6.45, 7) is 4.64. The average Bonchev–Trinajstić information content (AvgIpc) is 2.77. The molecule has 100 valence electrons. The molecule has 0 aromatic heterocycles. The molecule has 1 aliphatic rings. The summed E-state index contributed by atoms with van der Waals surface area (Å²) in [7, 11) is 0. The number of nitrogens with one attached hydrogen (secondary N) is 2. The van der Waals surface area contributed by atoms with E-state index in [9.17, 15) is 4.79 Å². The molecule has 1 rings (SSSR count). The highest BCUT2D eigenvalue weighted by molar-refractivity contribution is 5.80. The normalized spacial score (nSPS) is 24.9. The smallest absolute Gasteiger partial charge is 0.227 e. The quantitative estimate of drug-likeness (QED) is 0.456. The maximum Gasteiger partial charge on any atom is 0.227 e. The van der Waals surface area contributed by atoms with Crippen molar-refractivity contribution < 1.29 is 19.7 Å². The van der Waals surface area contributed by atoms with Crippen LogP contribution in [-0.2, 0) is 9.53 Å².